The lowest BCUT2D eigenvalue weighted by Crippen LogP contribution is -2.48. The summed E-state index contributed by atoms with van der Waals surface area (Å²) in [5, 5.41) is 14.1. The monoisotopic (exact) mass is 349 g/mol. The summed E-state index contributed by atoms with van der Waals surface area (Å²) in [5.74, 6) is 2.90. The van der Waals surface area contributed by atoms with Gasteiger partial charge in [-0.2, -0.15) is 5.10 Å². The molecule has 1 atom stereocenters. The van der Waals surface area contributed by atoms with Gasteiger partial charge in [-0.25, -0.2) is 9.67 Å². The molecule has 3 rings (SSSR count). The molecule has 9 nitrogen and oxygen atoms in total. The Morgan fingerprint density at radius 1 is 1.32 bits per heavy atom. The number of nitrogens with one attached hydrogen (secondary N) is 3. The van der Waals surface area contributed by atoms with Crippen LogP contribution >= 0.6 is 0 Å². The Hall–Kier alpha value is -2.16. The highest BCUT2D eigenvalue weighted by Crippen LogP contribution is 2.28. The van der Waals surface area contributed by atoms with E-state index in [0.717, 1.165) is 49.8 Å². The number of carbonyl (C=O) groups excluding carboxylic acids is 1. The molecule has 0 saturated heterocycles. The van der Waals surface area contributed by atoms with Crippen LogP contribution in [0.3, 0.4) is 0 Å². The van der Waals surface area contributed by atoms with Crippen molar-refractivity contribution >= 4 is 11.9 Å². The van der Waals surface area contributed by atoms with E-state index in [2.05, 4.69) is 31.0 Å². The molecule has 1 aromatic rings. The third-order valence-corrected chi connectivity index (χ3v) is 4.40. The minimum atomic E-state index is 0.169. The molecule has 1 fully saturated rings. The molecule has 0 spiro atoms. The number of guanidine groups is 1. The van der Waals surface area contributed by atoms with Crippen LogP contribution in [0.4, 0.5) is 0 Å². The van der Waals surface area contributed by atoms with Crippen LogP contribution in [0.1, 0.15) is 30.9 Å². The molecule has 2 heterocycles. The molecule has 1 amide bonds. The fraction of sp³-hybridized carbons (Fsp3) is 0.750. The van der Waals surface area contributed by atoms with Gasteiger partial charge in [0, 0.05) is 45.6 Å². The number of aliphatic imine (C=N–C) groups is 1. The second-order valence-electron chi connectivity index (χ2n) is 6.50. The van der Waals surface area contributed by atoms with Crippen molar-refractivity contribution in [3.05, 3.63) is 11.6 Å². The van der Waals surface area contributed by atoms with Crippen molar-refractivity contribution in [1.82, 2.24) is 30.7 Å². The minimum Gasteiger partial charge on any atom is -0.377 e. The largest absolute Gasteiger partial charge is 0.377 e. The van der Waals surface area contributed by atoms with Gasteiger partial charge in [0.05, 0.1) is 6.54 Å². The van der Waals surface area contributed by atoms with Crippen molar-refractivity contribution in [2.24, 2.45) is 10.9 Å². The Morgan fingerprint density at radius 2 is 2.12 bits per heavy atom. The number of ether oxygens (including phenoxy) is 1. The lowest BCUT2D eigenvalue weighted by molar-refractivity contribution is -0.122. The average molecular weight is 349 g/mol. The second kappa shape index (κ2) is 8.28. The molecule has 2 aliphatic rings. The predicted octanol–water partition coefficient (Wildman–Crippen LogP) is -0.569. The Bertz CT molecular complexity index is 624. The first-order valence-corrected chi connectivity index (χ1v) is 8.86. The predicted molar refractivity (Wildman–Crippen MR) is 93.1 cm³/mol. The van der Waals surface area contributed by atoms with E-state index in [1.807, 2.05) is 4.68 Å². The van der Waals surface area contributed by atoms with Crippen molar-refractivity contribution < 1.29 is 9.53 Å². The maximum absolute atomic E-state index is 11.6. The highest BCUT2D eigenvalue weighted by Gasteiger charge is 2.29. The number of fused-ring (bicyclic) bond motifs is 1. The molecule has 0 radical (unpaired) electrons. The molecule has 3 N–H and O–H groups in total. The molecule has 138 valence electrons. The van der Waals surface area contributed by atoms with Gasteiger partial charge in [-0.1, -0.05) is 0 Å². The fourth-order valence-corrected chi connectivity index (χ4v) is 2.91. The number of aryl methyl sites for hydroxylation is 1. The number of nitrogens with zero attached hydrogens (tertiary/aromatic N) is 4. The van der Waals surface area contributed by atoms with Gasteiger partial charge in [-0.15, -0.1) is 0 Å². The lowest BCUT2D eigenvalue weighted by atomic mass is 10.1. The Kier molecular flexibility index (Phi) is 5.85. The van der Waals surface area contributed by atoms with Gasteiger partial charge in [0.15, 0.2) is 11.8 Å². The summed E-state index contributed by atoms with van der Waals surface area (Å²) in [7, 11) is 3.39. The normalized spacial score (nSPS) is 20.1. The SMILES string of the molecule is CN=C(NCCNC(=O)C1CC1)NC1CCc2nc(COC)nn2C1. The Balaban J connectivity index is 1.41. The summed E-state index contributed by atoms with van der Waals surface area (Å²) >= 11 is 0. The molecule has 1 saturated carbocycles. The van der Waals surface area contributed by atoms with E-state index in [1.165, 1.54) is 0 Å². The Labute approximate surface area is 147 Å². The summed E-state index contributed by atoms with van der Waals surface area (Å²) in [5.41, 5.74) is 0. The van der Waals surface area contributed by atoms with Crippen LogP contribution in [0, 0.1) is 5.92 Å². The van der Waals surface area contributed by atoms with Crippen LogP contribution in [0.2, 0.25) is 0 Å². The average Bonchev–Trinajstić information content (AvgIpc) is 3.38. The van der Waals surface area contributed by atoms with E-state index in [-0.39, 0.29) is 17.9 Å². The first-order valence-electron chi connectivity index (χ1n) is 8.86. The van der Waals surface area contributed by atoms with Crippen LogP contribution in [-0.4, -0.2) is 59.9 Å². The highest BCUT2D eigenvalue weighted by atomic mass is 16.5. The number of methoxy groups -OCH3 is 1. The third-order valence-electron chi connectivity index (χ3n) is 4.40. The van der Waals surface area contributed by atoms with Gasteiger partial charge in [0.2, 0.25) is 5.91 Å². The van der Waals surface area contributed by atoms with Crippen molar-refractivity contribution in [1.29, 1.82) is 0 Å². The van der Waals surface area contributed by atoms with E-state index >= 15 is 0 Å². The van der Waals surface area contributed by atoms with Crippen molar-refractivity contribution in [2.45, 2.75) is 44.9 Å². The van der Waals surface area contributed by atoms with Crippen LogP contribution in [0.5, 0.6) is 0 Å². The number of amides is 1. The highest BCUT2D eigenvalue weighted by molar-refractivity contribution is 5.81. The van der Waals surface area contributed by atoms with Gasteiger partial charge in [0.25, 0.3) is 0 Å². The first kappa shape index (κ1) is 17.7. The molecule has 1 unspecified atom stereocenters. The van der Waals surface area contributed by atoms with Gasteiger partial charge in [-0.3, -0.25) is 9.79 Å². The van der Waals surface area contributed by atoms with Crippen molar-refractivity contribution in [3.63, 3.8) is 0 Å². The maximum atomic E-state index is 11.6. The van der Waals surface area contributed by atoms with Crippen LogP contribution in [0.25, 0.3) is 0 Å². The van der Waals surface area contributed by atoms with E-state index in [9.17, 15) is 4.79 Å². The van der Waals surface area contributed by atoms with Crippen molar-refractivity contribution in [3.8, 4) is 0 Å². The van der Waals surface area contributed by atoms with Gasteiger partial charge < -0.3 is 20.7 Å². The molecule has 0 aromatic carbocycles. The number of aromatic nitrogens is 3. The van der Waals surface area contributed by atoms with E-state index in [1.54, 1.807) is 14.2 Å². The molecule has 1 aromatic heterocycles. The molecular weight excluding hydrogens is 322 g/mol. The summed E-state index contributed by atoms with van der Waals surface area (Å²) in [6.07, 6.45) is 3.91. The quantitative estimate of drug-likeness (QED) is 0.346. The van der Waals surface area contributed by atoms with Crippen LogP contribution in [0.15, 0.2) is 4.99 Å². The Morgan fingerprint density at radius 3 is 2.84 bits per heavy atom. The van der Waals surface area contributed by atoms with Gasteiger partial charge in [-0.05, 0) is 19.3 Å². The molecule has 25 heavy (non-hydrogen) atoms. The fourth-order valence-electron chi connectivity index (χ4n) is 2.91. The molecule has 1 aliphatic carbocycles. The smallest absolute Gasteiger partial charge is 0.223 e. The van der Waals surface area contributed by atoms with E-state index < -0.39 is 0 Å². The molecular formula is C16H27N7O2. The molecule has 1 aliphatic heterocycles. The van der Waals surface area contributed by atoms with E-state index in [0.29, 0.717) is 19.7 Å². The number of rotatable bonds is 7. The van der Waals surface area contributed by atoms with E-state index in [4.69, 9.17) is 4.74 Å². The van der Waals surface area contributed by atoms with Gasteiger partial charge in [0.1, 0.15) is 12.4 Å². The summed E-state index contributed by atoms with van der Waals surface area (Å²) < 4.78 is 7.03. The van der Waals surface area contributed by atoms with Crippen molar-refractivity contribution in [2.75, 3.05) is 27.2 Å². The summed E-state index contributed by atoms with van der Waals surface area (Å²) in [6, 6.07) is 0.247. The topological polar surface area (TPSA) is 105 Å². The first-order chi connectivity index (χ1) is 12.2. The summed E-state index contributed by atoms with van der Waals surface area (Å²) in [4.78, 5) is 20.3. The number of hydrogen-bond acceptors (Lipinski definition) is 5. The zero-order valence-electron chi connectivity index (χ0n) is 14.9. The molecule has 0 bridgehead atoms. The lowest BCUT2D eigenvalue weighted by Gasteiger charge is -2.25. The van der Waals surface area contributed by atoms with Gasteiger partial charge >= 0.3 is 0 Å². The number of hydrogen-bond donors (Lipinski definition) is 3. The summed E-state index contributed by atoms with van der Waals surface area (Å²) in [6.45, 7) is 2.45. The molecule has 9 heteroatoms. The zero-order chi connectivity index (χ0) is 17.6. The zero-order valence-corrected chi connectivity index (χ0v) is 14.9. The maximum Gasteiger partial charge on any atom is 0.223 e. The van der Waals surface area contributed by atoms with Crippen LogP contribution < -0.4 is 16.0 Å². The standard InChI is InChI=1S/C16H27N7O2/c1-17-16(19-8-7-18-15(24)11-3-4-11)20-12-5-6-14-21-13(10-25-2)22-23(14)9-12/h11-12H,3-10H2,1-2H3,(H,18,24)(H2,17,19,20). The third kappa shape index (κ3) is 4.91. The second-order valence-corrected chi connectivity index (χ2v) is 6.50. The number of carbonyl (C=O) groups is 1. The minimum absolute atomic E-state index is 0.169. The van der Waals surface area contributed by atoms with Crippen LogP contribution in [-0.2, 0) is 29.1 Å².